The Morgan fingerprint density at radius 3 is 2.29 bits per heavy atom. The number of nitrogens with zero attached hydrogens (tertiary/aromatic N) is 1. The molecule has 4 rings (SSSR count). The summed E-state index contributed by atoms with van der Waals surface area (Å²) in [6, 6.07) is 24.1. The molecule has 1 aromatic heterocycles. The fraction of sp³-hybridized carbons (Fsp3) is 0.379. The fourth-order valence-electron chi connectivity index (χ4n) is 4.62. The molecule has 2 aromatic carbocycles. The zero-order valence-corrected chi connectivity index (χ0v) is 20.7. The zero-order valence-electron chi connectivity index (χ0n) is 19.9. The van der Waals surface area contributed by atoms with Crippen molar-refractivity contribution in [3.63, 3.8) is 0 Å². The maximum atomic E-state index is 12.7. The highest BCUT2D eigenvalue weighted by molar-refractivity contribution is 7.12. The Balaban J connectivity index is 1.18. The van der Waals surface area contributed by atoms with E-state index in [1.165, 1.54) is 15.3 Å². The largest absolute Gasteiger partial charge is 0.349 e. The van der Waals surface area contributed by atoms with Crippen LogP contribution in [0.15, 0.2) is 72.8 Å². The Bertz CT molecular complexity index is 1060. The van der Waals surface area contributed by atoms with Gasteiger partial charge in [-0.1, -0.05) is 48.5 Å². The highest BCUT2D eigenvalue weighted by atomic mass is 32.1. The topological polar surface area (TPSA) is 49.4 Å². The third-order valence-corrected chi connectivity index (χ3v) is 7.66. The van der Waals surface area contributed by atoms with Gasteiger partial charge < -0.3 is 5.32 Å². The minimum atomic E-state index is -0.0222. The molecular formula is C29H34N2O2S. The van der Waals surface area contributed by atoms with Gasteiger partial charge >= 0.3 is 0 Å². The Labute approximate surface area is 207 Å². The van der Waals surface area contributed by atoms with Gasteiger partial charge in [0, 0.05) is 46.7 Å². The van der Waals surface area contributed by atoms with E-state index in [1.807, 2.05) is 59.9 Å². The van der Waals surface area contributed by atoms with Gasteiger partial charge in [0.05, 0.1) is 0 Å². The molecule has 34 heavy (non-hydrogen) atoms. The lowest BCUT2D eigenvalue weighted by Gasteiger charge is -2.31. The fourth-order valence-corrected chi connectivity index (χ4v) is 5.81. The van der Waals surface area contributed by atoms with Gasteiger partial charge in [-0.25, -0.2) is 0 Å². The number of carbonyl (C=O) groups is 2. The van der Waals surface area contributed by atoms with E-state index in [-0.39, 0.29) is 17.9 Å². The quantitative estimate of drug-likeness (QED) is 0.421. The van der Waals surface area contributed by atoms with Crippen molar-refractivity contribution in [3.8, 4) is 0 Å². The molecule has 178 valence electrons. The van der Waals surface area contributed by atoms with Crippen molar-refractivity contribution < 1.29 is 9.59 Å². The van der Waals surface area contributed by atoms with Crippen molar-refractivity contribution in [2.45, 2.75) is 51.6 Å². The summed E-state index contributed by atoms with van der Waals surface area (Å²) in [6.45, 7) is 4.97. The Hall–Kier alpha value is -2.76. The van der Waals surface area contributed by atoms with Crippen molar-refractivity contribution in [1.82, 2.24) is 10.2 Å². The van der Waals surface area contributed by atoms with E-state index in [4.69, 9.17) is 0 Å². The van der Waals surface area contributed by atoms with Crippen LogP contribution in [0.25, 0.3) is 0 Å². The second-order valence-electron chi connectivity index (χ2n) is 9.32. The van der Waals surface area contributed by atoms with Gasteiger partial charge in [0.25, 0.3) is 5.91 Å². The van der Waals surface area contributed by atoms with Gasteiger partial charge in [0.15, 0.2) is 0 Å². The summed E-state index contributed by atoms with van der Waals surface area (Å²) in [5, 5.41) is 3.10. The molecule has 1 amide bonds. The number of carbonyl (C=O) groups excluding carboxylic acids is 2. The van der Waals surface area contributed by atoms with Crippen LogP contribution in [-0.4, -0.2) is 35.7 Å². The number of amides is 1. The van der Waals surface area contributed by atoms with Gasteiger partial charge in [-0.05, 0) is 69.1 Å². The number of aryl methyl sites for hydroxylation is 1. The first kappa shape index (κ1) is 24.4. The van der Waals surface area contributed by atoms with Crippen molar-refractivity contribution in [3.05, 3.63) is 93.7 Å². The van der Waals surface area contributed by atoms with Crippen molar-refractivity contribution in [1.29, 1.82) is 0 Å². The van der Waals surface area contributed by atoms with E-state index in [0.717, 1.165) is 45.3 Å². The third-order valence-electron chi connectivity index (χ3n) is 6.56. The second-order valence-corrected chi connectivity index (χ2v) is 10.6. The first-order valence-electron chi connectivity index (χ1n) is 12.3. The zero-order chi connectivity index (χ0) is 23.8. The second kappa shape index (κ2) is 12.1. The third kappa shape index (κ3) is 7.12. The molecule has 0 spiro atoms. The molecule has 1 aliphatic heterocycles. The van der Waals surface area contributed by atoms with Crippen LogP contribution in [0.2, 0.25) is 0 Å². The van der Waals surface area contributed by atoms with Crippen LogP contribution in [-0.2, 0) is 24.2 Å². The van der Waals surface area contributed by atoms with Crippen LogP contribution in [0.4, 0.5) is 0 Å². The van der Waals surface area contributed by atoms with Gasteiger partial charge in [-0.2, -0.15) is 0 Å². The molecule has 5 heteroatoms. The van der Waals surface area contributed by atoms with Crippen LogP contribution >= 0.6 is 11.3 Å². The van der Waals surface area contributed by atoms with Crippen molar-refractivity contribution in [2.24, 2.45) is 5.92 Å². The minimum absolute atomic E-state index is 0.0222. The van der Waals surface area contributed by atoms with E-state index in [9.17, 15) is 9.59 Å². The highest BCUT2D eigenvalue weighted by Gasteiger charge is 2.25. The summed E-state index contributed by atoms with van der Waals surface area (Å²) in [7, 11) is 0. The molecule has 1 unspecified atom stereocenters. The van der Waals surface area contributed by atoms with Gasteiger partial charge in [0.1, 0.15) is 5.78 Å². The maximum Gasteiger partial charge on any atom is 0.251 e. The van der Waals surface area contributed by atoms with E-state index in [0.29, 0.717) is 17.8 Å². The molecule has 3 aromatic rings. The Morgan fingerprint density at radius 1 is 0.941 bits per heavy atom. The summed E-state index contributed by atoms with van der Waals surface area (Å²) in [5.41, 5.74) is 1.94. The van der Waals surface area contributed by atoms with Crippen LogP contribution < -0.4 is 5.32 Å². The number of hydrogen-bond acceptors (Lipinski definition) is 4. The summed E-state index contributed by atoms with van der Waals surface area (Å²) < 4.78 is 0. The number of thiophene rings is 1. The van der Waals surface area contributed by atoms with E-state index < -0.39 is 0 Å². The van der Waals surface area contributed by atoms with Crippen LogP contribution in [0, 0.1) is 5.92 Å². The Morgan fingerprint density at radius 2 is 1.59 bits per heavy atom. The van der Waals surface area contributed by atoms with Crippen LogP contribution in [0.1, 0.15) is 51.9 Å². The van der Waals surface area contributed by atoms with Crippen molar-refractivity contribution in [2.75, 3.05) is 13.1 Å². The summed E-state index contributed by atoms with van der Waals surface area (Å²) in [4.78, 5) is 30.1. The lowest BCUT2D eigenvalue weighted by Crippen LogP contribution is -2.35. The summed E-state index contributed by atoms with van der Waals surface area (Å²) >= 11 is 1.83. The normalized spacial score (nSPS) is 15.7. The predicted molar refractivity (Wildman–Crippen MR) is 139 cm³/mol. The average molecular weight is 475 g/mol. The van der Waals surface area contributed by atoms with Crippen molar-refractivity contribution >= 4 is 23.0 Å². The van der Waals surface area contributed by atoms with Gasteiger partial charge in [-0.15, -0.1) is 11.3 Å². The van der Waals surface area contributed by atoms with Gasteiger partial charge in [0.2, 0.25) is 0 Å². The molecule has 1 saturated heterocycles. The molecule has 4 nitrogen and oxygen atoms in total. The molecule has 0 radical (unpaired) electrons. The molecule has 1 fully saturated rings. The monoisotopic (exact) mass is 474 g/mol. The highest BCUT2D eigenvalue weighted by Crippen LogP contribution is 2.25. The molecule has 2 heterocycles. The summed E-state index contributed by atoms with van der Waals surface area (Å²) in [6.07, 6.45) is 4.27. The number of benzene rings is 2. The SMILES string of the molecule is CC(Cc1ccc(CN2CCC(C(=O)CCc3ccccc3)CC2)s1)NC(=O)c1ccccc1. The molecule has 0 bridgehead atoms. The average Bonchev–Trinajstić information content (AvgIpc) is 3.30. The maximum absolute atomic E-state index is 12.7. The first-order valence-corrected chi connectivity index (χ1v) is 13.1. The predicted octanol–water partition coefficient (Wildman–Crippen LogP) is 5.52. The van der Waals surface area contributed by atoms with Crippen LogP contribution in [0.5, 0.6) is 0 Å². The lowest BCUT2D eigenvalue weighted by molar-refractivity contribution is -0.124. The molecule has 0 saturated carbocycles. The molecule has 1 N–H and O–H groups in total. The number of ketones is 1. The molecular weight excluding hydrogens is 440 g/mol. The number of nitrogens with one attached hydrogen (secondary N) is 1. The number of piperidine rings is 1. The minimum Gasteiger partial charge on any atom is -0.349 e. The number of rotatable bonds is 10. The van der Waals surface area contributed by atoms with E-state index in [2.05, 4.69) is 41.4 Å². The van der Waals surface area contributed by atoms with E-state index in [1.54, 1.807) is 0 Å². The molecule has 1 aliphatic rings. The lowest BCUT2D eigenvalue weighted by atomic mass is 9.89. The smallest absolute Gasteiger partial charge is 0.251 e. The Kier molecular flexibility index (Phi) is 8.67. The van der Waals surface area contributed by atoms with E-state index >= 15 is 0 Å². The van der Waals surface area contributed by atoms with Gasteiger partial charge in [-0.3, -0.25) is 14.5 Å². The first-order chi connectivity index (χ1) is 16.6. The number of Topliss-reactive ketones (excluding diaryl/α,β-unsaturated/α-hetero) is 1. The standard InChI is InChI=1S/C29H34N2O2S/c1-22(30-29(33)25-10-6-3-7-11-25)20-26-13-14-27(34-26)21-31-18-16-24(17-19-31)28(32)15-12-23-8-4-2-5-9-23/h2-11,13-14,22,24H,12,15-21H2,1H3,(H,30,33). The number of hydrogen-bond donors (Lipinski definition) is 1. The number of likely N-dealkylation sites (tertiary alicyclic amines) is 1. The van der Waals surface area contributed by atoms with Crippen LogP contribution in [0.3, 0.4) is 0 Å². The molecule has 0 aliphatic carbocycles. The summed E-state index contributed by atoms with van der Waals surface area (Å²) in [5.74, 6) is 0.618. The molecule has 1 atom stereocenters.